The molecule has 0 radical (unpaired) electrons. The van der Waals surface area contributed by atoms with Gasteiger partial charge in [0.1, 0.15) is 17.5 Å². The van der Waals surface area contributed by atoms with Gasteiger partial charge in [-0.25, -0.2) is 18.6 Å². The summed E-state index contributed by atoms with van der Waals surface area (Å²) in [6.07, 6.45) is -2.97. The van der Waals surface area contributed by atoms with Crippen molar-refractivity contribution in [2.24, 2.45) is 0 Å². The minimum absolute atomic E-state index is 0.108. The summed E-state index contributed by atoms with van der Waals surface area (Å²) >= 11 is 5.53. The van der Waals surface area contributed by atoms with Crippen LogP contribution in [0.5, 0.6) is 0 Å². The van der Waals surface area contributed by atoms with E-state index in [0.717, 1.165) is 13.2 Å². The molecule has 0 atom stereocenters. The van der Waals surface area contributed by atoms with Gasteiger partial charge >= 0.3 is 5.97 Å². The van der Waals surface area contributed by atoms with Gasteiger partial charge in [-0.15, -0.1) is 11.6 Å². The molecule has 1 rings (SSSR count). The largest absolute Gasteiger partial charge is 0.465 e. The lowest BCUT2D eigenvalue weighted by Crippen LogP contribution is -2.11. The van der Waals surface area contributed by atoms with E-state index < -0.39 is 18.1 Å². The van der Waals surface area contributed by atoms with E-state index in [9.17, 15) is 13.6 Å². The number of nitriles is 1. The third kappa shape index (κ3) is 2.68. The van der Waals surface area contributed by atoms with E-state index in [1.165, 1.54) is 0 Å². The van der Waals surface area contributed by atoms with Crippen molar-refractivity contribution in [3.63, 3.8) is 0 Å². The van der Waals surface area contributed by atoms with Crippen molar-refractivity contribution in [1.82, 2.24) is 4.98 Å². The Kier molecular flexibility index (Phi) is 4.35. The predicted molar refractivity (Wildman–Crippen MR) is 54.8 cm³/mol. The van der Waals surface area contributed by atoms with E-state index in [1.807, 2.05) is 0 Å². The molecule has 1 aromatic rings. The van der Waals surface area contributed by atoms with Crippen LogP contribution in [0.2, 0.25) is 0 Å². The molecule has 0 fully saturated rings. The molecule has 17 heavy (non-hydrogen) atoms. The molecule has 0 saturated carbocycles. The third-order valence-corrected chi connectivity index (χ3v) is 2.28. The maximum Gasteiger partial charge on any atom is 0.339 e. The zero-order valence-electron chi connectivity index (χ0n) is 8.71. The average Bonchev–Trinajstić information content (AvgIpc) is 2.35. The minimum atomic E-state index is -2.97. The average molecular weight is 261 g/mol. The first-order chi connectivity index (χ1) is 8.04. The lowest BCUT2D eigenvalue weighted by atomic mass is 10.1. The Balaban J connectivity index is 3.47. The number of methoxy groups -OCH3 is 1. The van der Waals surface area contributed by atoms with Gasteiger partial charge in [0, 0.05) is 5.56 Å². The number of hydrogen-bond donors (Lipinski definition) is 0. The number of nitrogens with zero attached hydrogens (tertiary/aromatic N) is 2. The maximum absolute atomic E-state index is 12.7. The van der Waals surface area contributed by atoms with E-state index in [-0.39, 0.29) is 22.7 Å². The van der Waals surface area contributed by atoms with Gasteiger partial charge in [0.05, 0.1) is 18.6 Å². The molecular weight excluding hydrogens is 254 g/mol. The summed E-state index contributed by atoms with van der Waals surface area (Å²) in [6.45, 7) is 0. The number of carbonyl (C=O) groups is 1. The normalized spacial score (nSPS) is 10.1. The highest BCUT2D eigenvalue weighted by Gasteiger charge is 2.23. The van der Waals surface area contributed by atoms with Crippen LogP contribution < -0.4 is 0 Å². The van der Waals surface area contributed by atoms with Crippen LogP contribution in [0.3, 0.4) is 0 Å². The highest BCUT2D eigenvalue weighted by Crippen LogP contribution is 2.24. The molecule has 0 aliphatic rings. The molecule has 7 heteroatoms. The van der Waals surface area contributed by atoms with Crippen molar-refractivity contribution in [2.45, 2.75) is 12.3 Å². The molecule has 0 N–H and O–H groups in total. The Morgan fingerprint density at radius 1 is 1.71 bits per heavy atom. The molecular formula is C10H7ClF2N2O2. The maximum atomic E-state index is 12.7. The Morgan fingerprint density at radius 2 is 2.35 bits per heavy atom. The van der Waals surface area contributed by atoms with Crippen LogP contribution in [0.15, 0.2) is 6.07 Å². The SMILES string of the molecule is COC(=O)c1cc(CCl)c(C#N)nc1C(F)F. The number of carbonyl (C=O) groups excluding carboxylic acids is 1. The highest BCUT2D eigenvalue weighted by molar-refractivity contribution is 6.17. The Bertz CT molecular complexity index is 486. The summed E-state index contributed by atoms with van der Waals surface area (Å²) in [5, 5.41) is 8.71. The number of aromatic nitrogens is 1. The first-order valence-corrected chi connectivity index (χ1v) is 4.95. The van der Waals surface area contributed by atoms with Crippen molar-refractivity contribution in [3.8, 4) is 6.07 Å². The standard InChI is InChI=1S/C10H7ClF2N2O2/c1-17-10(16)6-2-5(3-11)7(4-14)15-8(6)9(12)13/h2,9H,3H2,1H3. The van der Waals surface area contributed by atoms with Gasteiger partial charge in [-0.2, -0.15) is 5.26 Å². The van der Waals surface area contributed by atoms with Crippen molar-refractivity contribution in [1.29, 1.82) is 5.26 Å². The fraction of sp³-hybridized carbons (Fsp3) is 0.300. The summed E-state index contributed by atoms with van der Waals surface area (Å²) in [6, 6.07) is 2.75. The molecule has 1 heterocycles. The topological polar surface area (TPSA) is 63.0 Å². The van der Waals surface area contributed by atoms with Gasteiger partial charge in [0.15, 0.2) is 0 Å². The van der Waals surface area contributed by atoms with Crippen LogP contribution >= 0.6 is 11.6 Å². The van der Waals surface area contributed by atoms with Crippen molar-refractivity contribution in [3.05, 3.63) is 28.6 Å². The molecule has 0 aromatic carbocycles. The van der Waals surface area contributed by atoms with Crippen LogP contribution in [0.1, 0.15) is 33.7 Å². The fourth-order valence-corrected chi connectivity index (χ4v) is 1.41. The monoisotopic (exact) mass is 260 g/mol. The Morgan fingerprint density at radius 3 is 2.76 bits per heavy atom. The number of hydrogen-bond acceptors (Lipinski definition) is 4. The second-order valence-electron chi connectivity index (χ2n) is 2.97. The van der Waals surface area contributed by atoms with Crippen LogP contribution in [0.4, 0.5) is 8.78 Å². The quantitative estimate of drug-likeness (QED) is 0.618. The molecule has 0 spiro atoms. The molecule has 4 nitrogen and oxygen atoms in total. The summed E-state index contributed by atoms with van der Waals surface area (Å²) in [7, 11) is 1.07. The van der Waals surface area contributed by atoms with Crippen LogP contribution in [0, 0.1) is 11.3 Å². The molecule has 0 aliphatic heterocycles. The second-order valence-corrected chi connectivity index (χ2v) is 3.23. The smallest absolute Gasteiger partial charge is 0.339 e. The lowest BCUT2D eigenvalue weighted by molar-refractivity contribution is 0.0587. The van der Waals surface area contributed by atoms with Crippen molar-refractivity contribution < 1.29 is 18.3 Å². The summed E-state index contributed by atoms with van der Waals surface area (Å²) in [5.41, 5.74) is -1.17. The second kappa shape index (κ2) is 5.55. The molecule has 0 bridgehead atoms. The summed E-state index contributed by atoms with van der Waals surface area (Å²) in [4.78, 5) is 14.7. The van der Waals surface area contributed by atoms with Crippen LogP contribution in [0.25, 0.3) is 0 Å². The number of alkyl halides is 3. The van der Waals surface area contributed by atoms with Gasteiger partial charge in [0.2, 0.25) is 0 Å². The van der Waals surface area contributed by atoms with Crippen LogP contribution in [-0.2, 0) is 10.6 Å². The number of ether oxygens (including phenoxy) is 1. The number of halogens is 3. The number of pyridine rings is 1. The highest BCUT2D eigenvalue weighted by atomic mass is 35.5. The number of esters is 1. The first kappa shape index (κ1) is 13.3. The minimum Gasteiger partial charge on any atom is -0.465 e. The Hall–Kier alpha value is -1.74. The summed E-state index contributed by atoms with van der Waals surface area (Å²) in [5.74, 6) is -1.05. The zero-order chi connectivity index (χ0) is 13.0. The molecule has 1 aromatic heterocycles. The van der Waals surface area contributed by atoms with E-state index in [1.54, 1.807) is 6.07 Å². The van der Waals surface area contributed by atoms with Crippen molar-refractivity contribution >= 4 is 17.6 Å². The zero-order valence-corrected chi connectivity index (χ0v) is 9.46. The van der Waals surface area contributed by atoms with Gasteiger partial charge in [0.25, 0.3) is 6.43 Å². The van der Waals surface area contributed by atoms with Gasteiger partial charge in [-0.05, 0) is 6.07 Å². The fourth-order valence-electron chi connectivity index (χ4n) is 1.21. The van der Waals surface area contributed by atoms with E-state index in [0.29, 0.717) is 0 Å². The predicted octanol–water partition coefficient (Wildman–Crippen LogP) is 2.42. The third-order valence-electron chi connectivity index (χ3n) is 1.99. The molecule has 90 valence electrons. The van der Waals surface area contributed by atoms with Crippen LogP contribution in [-0.4, -0.2) is 18.1 Å². The van der Waals surface area contributed by atoms with Gasteiger partial charge in [-0.1, -0.05) is 0 Å². The molecule has 0 aliphatic carbocycles. The first-order valence-electron chi connectivity index (χ1n) is 4.41. The van der Waals surface area contributed by atoms with E-state index in [4.69, 9.17) is 16.9 Å². The van der Waals surface area contributed by atoms with E-state index >= 15 is 0 Å². The number of rotatable bonds is 3. The van der Waals surface area contributed by atoms with Gasteiger partial charge in [-0.3, -0.25) is 0 Å². The lowest BCUT2D eigenvalue weighted by Gasteiger charge is -2.09. The molecule has 0 unspecified atom stereocenters. The summed E-state index contributed by atoms with van der Waals surface area (Å²) < 4.78 is 29.7. The Labute approximate surface area is 101 Å². The van der Waals surface area contributed by atoms with E-state index in [2.05, 4.69) is 9.72 Å². The van der Waals surface area contributed by atoms with Crippen molar-refractivity contribution in [2.75, 3.05) is 7.11 Å². The molecule has 0 saturated heterocycles. The molecule has 0 amide bonds. The van der Waals surface area contributed by atoms with Gasteiger partial charge < -0.3 is 4.74 Å².